The van der Waals surface area contributed by atoms with Crippen molar-refractivity contribution in [1.82, 2.24) is 0 Å². The van der Waals surface area contributed by atoms with Crippen LogP contribution in [-0.4, -0.2) is 0 Å². The van der Waals surface area contributed by atoms with Gasteiger partial charge in [-0.25, -0.2) is 0 Å². The topological polar surface area (TPSA) is 0 Å². The van der Waals surface area contributed by atoms with Crippen LogP contribution in [0.2, 0.25) is 0 Å². The van der Waals surface area contributed by atoms with Crippen molar-refractivity contribution >= 4 is 0 Å². The average Bonchev–Trinajstić information content (AvgIpc) is 2.11. The van der Waals surface area contributed by atoms with Crippen molar-refractivity contribution in [2.75, 3.05) is 0 Å². The van der Waals surface area contributed by atoms with E-state index in [1.165, 1.54) is 44.1 Å². The van der Waals surface area contributed by atoms with E-state index in [0.29, 0.717) is 0 Å². The molecule has 0 radical (unpaired) electrons. The lowest BCUT2D eigenvalue weighted by Crippen LogP contribution is -2.00. The zero-order valence-electron chi connectivity index (χ0n) is 8.47. The first-order valence-corrected chi connectivity index (χ1v) is 5.55. The van der Waals surface area contributed by atoms with Crippen LogP contribution < -0.4 is 0 Å². The molecule has 0 aromatic carbocycles. The van der Waals surface area contributed by atoms with Crippen LogP contribution in [0.3, 0.4) is 0 Å². The molecule has 0 aromatic rings. The van der Waals surface area contributed by atoms with Gasteiger partial charge in [-0.2, -0.15) is 0 Å². The van der Waals surface area contributed by atoms with Crippen LogP contribution in [0.15, 0.2) is 18.2 Å². The van der Waals surface area contributed by atoms with E-state index in [4.69, 9.17) is 0 Å². The van der Waals surface area contributed by atoms with Crippen molar-refractivity contribution in [1.29, 1.82) is 0 Å². The highest BCUT2D eigenvalue weighted by Crippen LogP contribution is 2.37. The summed E-state index contributed by atoms with van der Waals surface area (Å²) in [5.41, 5.74) is 4.65. The van der Waals surface area contributed by atoms with Crippen LogP contribution in [0.4, 0.5) is 0 Å². The first-order valence-electron chi connectivity index (χ1n) is 5.55. The van der Waals surface area contributed by atoms with Gasteiger partial charge in [0.1, 0.15) is 0 Å². The van der Waals surface area contributed by atoms with Crippen LogP contribution in [-0.2, 0) is 6.42 Å². The molecular formula is C13H18. The zero-order chi connectivity index (χ0) is 9.10. The molecule has 2 aliphatic rings. The minimum atomic E-state index is 1.31. The molecule has 70 valence electrons. The maximum absolute atomic E-state index is 2.34. The van der Waals surface area contributed by atoms with E-state index in [1.807, 2.05) is 0 Å². The molecule has 0 aromatic heterocycles. The Labute approximate surface area is 81.0 Å². The van der Waals surface area contributed by atoms with Crippen LogP contribution in [0.5, 0.6) is 0 Å². The number of hydrogen-bond acceptors (Lipinski definition) is 0. The maximum atomic E-state index is 2.34. The van der Waals surface area contributed by atoms with Crippen molar-refractivity contribution in [2.45, 2.75) is 45.4 Å². The second-order valence-electron chi connectivity index (χ2n) is 4.04. The Balaban J connectivity index is 1.61. The third-order valence-electron chi connectivity index (χ3n) is 2.97. The smallest absolute Gasteiger partial charge is 0.0151 e. The first-order chi connectivity index (χ1) is 6.42. The summed E-state index contributed by atoms with van der Waals surface area (Å²) in [5, 5.41) is 0. The molecule has 0 atom stereocenters. The monoisotopic (exact) mass is 174 g/mol. The van der Waals surface area contributed by atoms with E-state index in [0.717, 1.165) is 0 Å². The van der Waals surface area contributed by atoms with Gasteiger partial charge in [0.05, 0.1) is 0 Å². The van der Waals surface area contributed by atoms with Gasteiger partial charge in [-0.3, -0.25) is 0 Å². The van der Waals surface area contributed by atoms with E-state index in [1.54, 1.807) is 11.1 Å². The molecule has 0 saturated heterocycles. The Hall–Kier alpha value is -0.780. The summed E-state index contributed by atoms with van der Waals surface area (Å²) < 4.78 is 0. The molecule has 0 amide bonds. The van der Waals surface area contributed by atoms with E-state index in [2.05, 4.69) is 25.1 Å². The number of benzene rings is 1. The van der Waals surface area contributed by atoms with Gasteiger partial charge < -0.3 is 0 Å². The standard InChI is InChI=1S/C13H18/c1-2-3-4-5-6-7-11-10-12-8-9-13(11)12/h8-10H,2-7H2,1H3. The van der Waals surface area contributed by atoms with E-state index in [9.17, 15) is 0 Å². The van der Waals surface area contributed by atoms with Crippen molar-refractivity contribution in [2.24, 2.45) is 0 Å². The SMILES string of the molecule is CCCCCCCc1cc2ccc1-2. The number of fused-ring (bicyclic) bond motifs is 1. The van der Waals surface area contributed by atoms with Gasteiger partial charge in [0.2, 0.25) is 0 Å². The van der Waals surface area contributed by atoms with Crippen LogP contribution in [0.1, 0.15) is 44.6 Å². The van der Waals surface area contributed by atoms with Crippen molar-refractivity contribution < 1.29 is 0 Å². The van der Waals surface area contributed by atoms with E-state index < -0.39 is 0 Å². The van der Waals surface area contributed by atoms with Gasteiger partial charge in [-0.15, -0.1) is 0 Å². The van der Waals surface area contributed by atoms with Crippen molar-refractivity contribution in [3.05, 3.63) is 23.8 Å². The molecule has 0 heterocycles. The molecule has 0 aliphatic heterocycles. The quantitative estimate of drug-likeness (QED) is 0.576. The minimum Gasteiger partial charge on any atom is -0.0654 e. The largest absolute Gasteiger partial charge is 0.0654 e. The van der Waals surface area contributed by atoms with Gasteiger partial charge >= 0.3 is 0 Å². The highest BCUT2D eigenvalue weighted by molar-refractivity contribution is 5.80. The summed E-state index contributed by atoms with van der Waals surface area (Å²) in [7, 11) is 0. The zero-order valence-corrected chi connectivity index (χ0v) is 8.47. The Morgan fingerprint density at radius 1 is 1.00 bits per heavy atom. The lowest BCUT2D eigenvalue weighted by atomic mass is 9.84. The van der Waals surface area contributed by atoms with Crippen LogP contribution in [0, 0.1) is 0 Å². The van der Waals surface area contributed by atoms with Crippen LogP contribution in [0.25, 0.3) is 11.1 Å². The predicted octanol–water partition coefficient (Wildman–Crippen LogP) is 4.18. The first kappa shape index (κ1) is 8.80. The van der Waals surface area contributed by atoms with Crippen molar-refractivity contribution in [3.63, 3.8) is 0 Å². The number of rotatable bonds is 6. The van der Waals surface area contributed by atoms with Gasteiger partial charge in [0.25, 0.3) is 0 Å². The lowest BCUT2D eigenvalue weighted by Gasteiger charge is -2.20. The summed E-state index contributed by atoms with van der Waals surface area (Å²) in [4.78, 5) is 0. The second-order valence-corrected chi connectivity index (χ2v) is 4.04. The fraction of sp³-hybridized carbons (Fsp3) is 0.538. The van der Waals surface area contributed by atoms with E-state index in [-0.39, 0.29) is 0 Å². The molecule has 0 N–H and O–H groups in total. The van der Waals surface area contributed by atoms with Gasteiger partial charge in [-0.1, -0.05) is 50.8 Å². The Bertz CT molecular complexity index is 286. The molecule has 0 spiro atoms. The Morgan fingerprint density at radius 3 is 2.38 bits per heavy atom. The highest BCUT2D eigenvalue weighted by Gasteiger charge is 2.14. The number of aryl methyl sites for hydroxylation is 1. The molecule has 0 saturated carbocycles. The number of hydrogen-bond donors (Lipinski definition) is 0. The summed E-state index contributed by atoms with van der Waals surface area (Å²) in [6.07, 6.45) is 8.29. The molecule has 0 nitrogen and oxygen atoms in total. The highest BCUT2D eigenvalue weighted by atomic mass is 14.2. The summed E-state index contributed by atoms with van der Waals surface area (Å²) >= 11 is 0. The summed E-state index contributed by atoms with van der Waals surface area (Å²) in [5.74, 6) is 0. The average molecular weight is 174 g/mol. The van der Waals surface area contributed by atoms with E-state index >= 15 is 0 Å². The summed E-state index contributed by atoms with van der Waals surface area (Å²) in [6, 6.07) is 6.79. The molecule has 13 heavy (non-hydrogen) atoms. The van der Waals surface area contributed by atoms with Gasteiger partial charge in [0, 0.05) is 0 Å². The Morgan fingerprint density at radius 2 is 1.85 bits per heavy atom. The summed E-state index contributed by atoms with van der Waals surface area (Å²) in [6.45, 7) is 2.27. The molecule has 2 aliphatic carbocycles. The third kappa shape index (κ3) is 1.77. The third-order valence-corrected chi connectivity index (χ3v) is 2.97. The second kappa shape index (κ2) is 3.95. The molecule has 2 rings (SSSR count). The fourth-order valence-corrected chi connectivity index (χ4v) is 1.99. The maximum Gasteiger partial charge on any atom is -0.0151 e. The molecule has 0 heteroatoms. The normalized spacial score (nSPS) is 11.8. The molecular weight excluding hydrogens is 156 g/mol. The number of unbranched alkanes of at least 4 members (excludes halogenated alkanes) is 4. The predicted molar refractivity (Wildman–Crippen MR) is 57.9 cm³/mol. The fourth-order valence-electron chi connectivity index (χ4n) is 1.99. The minimum absolute atomic E-state index is 1.31. The molecule has 0 fully saturated rings. The van der Waals surface area contributed by atoms with Gasteiger partial charge in [-0.05, 0) is 29.5 Å². The van der Waals surface area contributed by atoms with Crippen LogP contribution >= 0.6 is 0 Å². The van der Waals surface area contributed by atoms with Crippen molar-refractivity contribution in [3.8, 4) is 11.1 Å². The Kier molecular flexibility index (Phi) is 2.68. The van der Waals surface area contributed by atoms with Gasteiger partial charge in [0.15, 0.2) is 0 Å². The molecule has 0 unspecified atom stereocenters. The lowest BCUT2D eigenvalue weighted by molar-refractivity contribution is 0.631. The molecule has 0 bridgehead atoms.